The van der Waals surface area contributed by atoms with Crippen LogP contribution in [-0.4, -0.2) is 27.9 Å². The molecule has 0 bridgehead atoms. The van der Waals surface area contributed by atoms with E-state index < -0.39 is 0 Å². The average Bonchev–Trinajstić information content (AvgIpc) is 2.44. The van der Waals surface area contributed by atoms with E-state index in [1.165, 1.54) is 6.42 Å². The summed E-state index contributed by atoms with van der Waals surface area (Å²) < 4.78 is 1.87. The third-order valence-electron chi connectivity index (χ3n) is 3.09. The molecule has 4 nitrogen and oxygen atoms in total. The van der Waals surface area contributed by atoms with E-state index in [0.717, 1.165) is 25.3 Å². The Morgan fingerprint density at radius 1 is 1.62 bits per heavy atom. The summed E-state index contributed by atoms with van der Waals surface area (Å²) >= 11 is 0. The monoisotopic (exact) mass is 180 g/mol. The Kier molecular flexibility index (Phi) is 2.07. The van der Waals surface area contributed by atoms with E-state index in [1.54, 1.807) is 6.33 Å². The largest absolute Gasteiger partial charge is 0.316 e. The van der Waals surface area contributed by atoms with Gasteiger partial charge in [-0.2, -0.15) is 5.10 Å². The molecule has 4 heteroatoms. The highest BCUT2D eigenvalue weighted by Crippen LogP contribution is 2.30. The molecule has 0 spiro atoms. The molecular formula is C9H16N4. The van der Waals surface area contributed by atoms with E-state index in [2.05, 4.69) is 22.3 Å². The van der Waals surface area contributed by atoms with Gasteiger partial charge in [0.15, 0.2) is 0 Å². The summed E-state index contributed by atoms with van der Waals surface area (Å²) in [4.78, 5) is 4.25. The van der Waals surface area contributed by atoms with Crippen molar-refractivity contribution in [2.75, 3.05) is 13.1 Å². The van der Waals surface area contributed by atoms with Crippen LogP contribution in [0.25, 0.3) is 0 Å². The number of hydrogen-bond acceptors (Lipinski definition) is 3. The van der Waals surface area contributed by atoms with Crippen LogP contribution in [0.15, 0.2) is 6.33 Å². The molecule has 1 N–H and O–H groups in total. The van der Waals surface area contributed by atoms with Crippen LogP contribution in [-0.2, 0) is 13.5 Å². The molecule has 0 aromatic carbocycles. The van der Waals surface area contributed by atoms with Crippen molar-refractivity contribution >= 4 is 0 Å². The molecule has 0 unspecified atom stereocenters. The van der Waals surface area contributed by atoms with Crippen LogP contribution < -0.4 is 5.32 Å². The Labute approximate surface area is 78.4 Å². The van der Waals surface area contributed by atoms with Gasteiger partial charge in [-0.15, -0.1) is 0 Å². The summed E-state index contributed by atoms with van der Waals surface area (Å²) in [6.07, 6.45) is 3.89. The van der Waals surface area contributed by atoms with Crippen molar-refractivity contribution in [1.82, 2.24) is 20.1 Å². The van der Waals surface area contributed by atoms with Crippen LogP contribution in [0.3, 0.4) is 0 Å². The summed E-state index contributed by atoms with van der Waals surface area (Å²) in [5, 5.41) is 7.41. The fraction of sp³-hybridized carbons (Fsp3) is 0.778. The van der Waals surface area contributed by atoms with Crippen molar-refractivity contribution in [1.29, 1.82) is 0 Å². The minimum Gasteiger partial charge on any atom is -0.316 e. The molecule has 1 saturated heterocycles. The van der Waals surface area contributed by atoms with Gasteiger partial charge in [0, 0.05) is 32.0 Å². The molecule has 0 amide bonds. The zero-order chi connectivity index (χ0) is 9.31. The molecular weight excluding hydrogens is 164 g/mol. The lowest BCUT2D eigenvalue weighted by atomic mass is 9.76. The second-order valence-corrected chi connectivity index (χ2v) is 3.93. The lowest BCUT2D eigenvalue weighted by molar-refractivity contribution is 0.155. The van der Waals surface area contributed by atoms with Crippen molar-refractivity contribution in [2.45, 2.75) is 19.8 Å². The first-order valence-electron chi connectivity index (χ1n) is 4.79. The van der Waals surface area contributed by atoms with Gasteiger partial charge in [-0.05, 0) is 6.42 Å². The third-order valence-corrected chi connectivity index (χ3v) is 3.09. The molecule has 1 aliphatic heterocycles. The second-order valence-electron chi connectivity index (χ2n) is 3.93. The average molecular weight is 180 g/mol. The van der Waals surface area contributed by atoms with Gasteiger partial charge in [0.1, 0.15) is 12.2 Å². The first-order chi connectivity index (χ1) is 6.26. The van der Waals surface area contributed by atoms with Crippen LogP contribution >= 0.6 is 0 Å². The number of aryl methyl sites for hydroxylation is 1. The number of rotatable bonds is 3. The van der Waals surface area contributed by atoms with E-state index >= 15 is 0 Å². The van der Waals surface area contributed by atoms with Gasteiger partial charge in [0.05, 0.1) is 0 Å². The van der Waals surface area contributed by atoms with Crippen molar-refractivity contribution in [3.8, 4) is 0 Å². The minimum absolute atomic E-state index is 0.445. The van der Waals surface area contributed by atoms with Gasteiger partial charge >= 0.3 is 0 Å². The summed E-state index contributed by atoms with van der Waals surface area (Å²) in [7, 11) is 1.96. The van der Waals surface area contributed by atoms with Crippen LogP contribution in [0, 0.1) is 5.41 Å². The molecule has 1 aromatic rings. The van der Waals surface area contributed by atoms with E-state index in [9.17, 15) is 0 Å². The van der Waals surface area contributed by atoms with Gasteiger partial charge in [0.25, 0.3) is 0 Å². The topological polar surface area (TPSA) is 42.7 Å². The fourth-order valence-electron chi connectivity index (χ4n) is 1.79. The van der Waals surface area contributed by atoms with E-state index in [-0.39, 0.29) is 0 Å². The summed E-state index contributed by atoms with van der Waals surface area (Å²) in [6, 6.07) is 0. The molecule has 0 aliphatic carbocycles. The zero-order valence-electron chi connectivity index (χ0n) is 8.25. The molecule has 13 heavy (non-hydrogen) atoms. The number of nitrogens with zero attached hydrogens (tertiary/aromatic N) is 3. The summed E-state index contributed by atoms with van der Waals surface area (Å²) in [6.45, 7) is 4.49. The molecule has 2 heterocycles. The lowest BCUT2D eigenvalue weighted by Crippen LogP contribution is -2.54. The maximum atomic E-state index is 4.25. The highest BCUT2D eigenvalue weighted by atomic mass is 15.3. The lowest BCUT2D eigenvalue weighted by Gasteiger charge is -2.41. The second kappa shape index (κ2) is 3.10. The van der Waals surface area contributed by atoms with Gasteiger partial charge in [-0.3, -0.25) is 4.68 Å². The highest BCUT2D eigenvalue weighted by molar-refractivity contribution is 5.00. The Morgan fingerprint density at radius 2 is 2.38 bits per heavy atom. The quantitative estimate of drug-likeness (QED) is 0.730. The maximum Gasteiger partial charge on any atom is 0.138 e. The molecule has 1 aromatic heterocycles. The van der Waals surface area contributed by atoms with Crippen molar-refractivity contribution < 1.29 is 0 Å². The van der Waals surface area contributed by atoms with Crippen molar-refractivity contribution in [3.05, 3.63) is 12.2 Å². The Balaban J connectivity index is 2.08. The van der Waals surface area contributed by atoms with Gasteiger partial charge in [0.2, 0.25) is 0 Å². The Morgan fingerprint density at radius 3 is 2.77 bits per heavy atom. The molecule has 2 rings (SSSR count). The first-order valence-corrected chi connectivity index (χ1v) is 4.79. The minimum atomic E-state index is 0.445. The summed E-state index contributed by atoms with van der Waals surface area (Å²) in [5.41, 5.74) is 0.445. The standard InChI is InChI=1S/C9H16N4/c1-3-9(5-10-6-9)4-8-11-7-12-13(8)2/h7,10H,3-6H2,1-2H3. The van der Waals surface area contributed by atoms with E-state index in [1.807, 2.05) is 11.7 Å². The maximum absolute atomic E-state index is 4.25. The molecule has 0 atom stereocenters. The third kappa shape index (κ3) is 1.46. The van der Waals surface area contributed by atoms with Gasteiger partial charge < -0.3 is 5.32 Å². The van der Waals surface area contributed by atoms with E-state index in [0.29, 0.717) is 5.41 Å². The predicted molar refractivity (Wildman–Crippen MR) is 50.3 cm³/mol. The number of hydrogen-bond donors (Lipinski definition) is 1. The molecule has 0 saturated carbocycles. The summed E-state index contributed by atoms with van der Waals surface area (Å²) in [5.74, 6) is 1.10. The predicted octanol–water partition coefficient (Wildman–Crippen LogP) is 0.357. The van der Waals surface area contributed by atoms with Crippen molar-refractivity contribution in [3.63, 3.8) is 0 Å². The number of nitrogens with one attached hydrogen (secondary N) is 1. The van der Waals surface area contributed by atoms with Gasteiger partial charge in [-0.25, -0.2) is 4.98 Å². The van der Waals surface area contributed by atoms with Crippen LogP contribution in [0.4, 0.5) is 0 Å². The molecule has 72 valence electrons. The van der Waals surface area contributed by atoms with Crippen molar-refractivity contribution in [2.24, 2.45) is 12.5 Å². The SMILES string of the molecule is CCC1(Cc2ncnn2C)CNC1. The van der Waals surface area contributed by atoms with E-state index in [4.69, 9.17) is 0 Å². The smallest absolute Gasteiger partial charge is 0.138 e. The zero-order valence-corrected chi connectivity index (χ0v) is 8.25. The fourth-order valence-corrected chi connectivity index (χ4v) is 1.79. The van der Waals surface area contributed by atoms with Gasteiger partial charge in [-0.1, -0.05) is 6.92 Å². The Bertz CT molecular complexity index is 282. The van der Waals surface area contributed by atoms with Crippen LogP contribution in [0.5, 0.6) is 0 Å². The number of aromatic nitrogens is 3. The normalized spacial score (nSPS) is 19.8. The van der Waals surface area contributed by atoms with Crippen LogP contribution in [0.1, 0.15) is 19.2 Å². The first kappa shape index (κ1) is 8.69. The Hall–Kier alpha value is -0.900. The molecule has 0 radical (unpaired) electrons. The molecule has 1 aliphatic rings. The highest BCUT2D eigenvalue weighted by Gasteiger charge is 2.36. The van der Waals surface area contributed by atoms with Crippen LogP contribution in [0.2, 0.25) is 0 Å². The molecule has 1 fully saturated rings.